The summed E-state index contributed by atoms with van der Waals surface area (Å²) in [7, 11) is -1.57. The minimum Gasteiger partial charge on any atom is -0.382 e. The maximum atomic E-state index is 12.9. The Morgan fingerprint density at radius 1 is 1.00 bits per heavy atom. The lowest BCUT2D eigenvalue weighted by atomic mass is 9.98. The molecule has 11 heteroatoms. The molecule has 2 aromatic heterocycles. The molecule has 0 spiro atoms. The molecule has 2 atom stereocenters. The first kappa shape index (κ1) is 19.8. The van der Waals surface area contributed by atoms with Crippen LogP contribution in [0.15, 0.2) is 58.7 Å². The van der Waals surface area contributed by atoms with E-state index in [0.717, 1.165) is 12.4 Å². The highest BCUT2D eigenvalue weighted by Gasteiger charge is 2.51. The van der Waals surface area contributed by atoms with E-state index in [1.807, 2.05) is 0 Å². The van der Waals surface area contributed by atoms with Crippen LogP contribution in [0.4, 0.5) is 19.0 Å². The van der Waals surface area contributed by atoms with Crippen molar-refractivity contribution in [2.45, 2.75) is 28.6 Å². The summed E-state index contributed by atoms with van der Waals surface area (Å²) in [6, 6.07) is 9.27. The second-order valence-electron chi connectivity index (χ2n) is 5.95. The van der Waals surface area contributed by atoms with Crippen molar-refractivity contribution in [3.63, 3.8) is 0 Å². The fourth-order valence-electron chi connectivity index (χ4n) is 2.17. The summed E-state index contributed by atoms with van der Waals surface area (Å²) in [4.78, 5) is 8.22. The van der Waals surface area contributed by atoms with Gasteiger partial charge in [0.25, 0.3) is 0 Å². The highest BCUT2D eigenvalue weighted by molar-refractivity contribution is 7.85. The van der Waals surface area contributed by atoms with Crippen LogP contribution in [0.5, 0.6) is 0 Å². The second-order valence-corrected chi connectivity index (χ2v) is 7.38. The van der Waals surface area contributed by atoms with Crippen molar-refractivity contribution in [3.05, 3.63) is 54.4 Å². The Kier molecular flexibility index (Phi) is 5.13. The van der Waals surface area contributed by atoms with Gasteiger partial charge in [0.05, 0.1) is 0 Å². The smallest absolute Gasteiger partial charge is 0.382 e. The molecule has 3 aromatic rings. The number of aromatic nitrogens is 4. The molecule has 0 amide bonds. The lowest BCUT2D eigenvalue weighted by molar-refractivity contribution is -0.259. The molecular weight excluding hydrogens is 395 g/mol. The Labute approximate surface area is 159 Å². The first-order chi connectivity index (χ1) is 13.1. The van der Waals surface area contributed by atoms with Gasteiger partial charge in [-0.2, -0.15) is 13.2 Å². The van der Waals surface area contributed by atoms with E-state index in [9.17, 15) is 22.5 Å². The zero-order valence-electron chi connectivity index (χ0n) is 14.4. The van der Waals surface area contributed by atoms with Gasteiger partial charge in [0.2, 0.25) is 0 Å². The number of nitrogens with zero attached hydrogens (tertiary/aromatic N) is 4. The van der Waals surface area contributed by atoms with Gasteiger partial charge in [0.15, 0.2) is 16.5 Å². The van der Waals surface area contributed by atoms with Gasteiger partial charge in [-0.1, -0.05) is 0 Å². The number of alkyl halides is 3. The molecule has 2 heterocycles. The zero-order valence-corrected chi connectivity index (χ0v) is 15.2. The predicted octanol–water partition coefficient (Wildman–Crippen LogP) is 2.45. The maximum Gasteiger partial charge on any atom is 0.421 e. The Balaban J connectivity index is 1.82. The third-order valence-corrected chi connectivity index (χ3v) is 5.24. The fourth-order valence-corrected chi connectivity index (χ4v) is 3.10. The van der Waals surface area contributed by atoms with Gasteiger partial charge in [-0.25, -0.2) is 14.2 Å². The Morgan fingerprint density at radius 2 is 1.61 bits per heavy atom. The Morgan fingerprint density at radius 3 is 2.11 bits per heavy atom. The van der Waals surface area contributed by atoms with Crippen LogP contribution >= 0.6 is 0 Å². The number of halogens is 3. The topological polar surface area (TPSA) is 115 Å². The number of benzene rings is 1. The second kappa shape index (κ2) is 7.24. The summed E-state index contributed by atoms with van der Waals surface area (Å²) in [6.45, 7) is 0.634. The largest absolute Gasteiger partial charge is 0.421 e. The van der Waals surface area contributed by atoms with E-state index < -0.39 is 28.1 Å². The van der Waals surface area contributed by atoms with Crippen LogP contribution in [-0.2, 0) is 16.4 Å². The average molecular weight is 409 g/mol. The van der Waals surface area contributed by atoms with Crippen molar-refractivity contribution >= 4 is 16.6 Å². The van der Waals surface area contributed by atoms with E-state index >= 15 is 0 Å². The van der Waals surface area contributed by atoms with E-state index in [2.05, 4.69) is 20.2 Å². The highest BCUT2D eigenvalue weighted by atomic mass is 32.2. The number of nitrogens with two attached hydrogens (primary N) is 1. The third-order valence-electron chi connectivity index (χ3n) is 3.94. The summed E-state index contributed by atoms with van der Waals surface area (Å²) in [5.41, 5.74) is 2.43. The van der Waals surface area contributed by atoms with E-state index in [1.165, 1.54) is 12.1 Å². The first-order valence-corrected chi connectivity index (χ1v) is 8.97. The van der Waals surface area contributed by atoms with Crippen molar-refractivity contribution in [1.82, 2.24) is 20.2 Å². The molecular formula is C17H14F3N5O2S. The number of aliphatic hydroxyl groups is 1. The van der Waals surface area contributed by atoms with Gasteiger partial charge in [-0.15, -0.1) is 10.2 Å². The van der Waals surface area contributed by atoms with Crippen LogP contribution in [0, 0.1) is 0 Å². The van der Waals surface area contributed by atoms with Crippen molar-refractivity contribution in [2.75, 3.05) is 5.73 Å². The van der Waals surface area contributed by atoms with Crippen molar-refractivity contribution in [1.29, 1.82) is 0 Å². The molecule has 0 radical (unpaired) electrons. The van der Waals surface area contributed by atoms with Gasteiger partial charge in [-0.3, -0.25) is 0 Å². The van der Waals surface area contributed by atoms with Gasteiger partial charge < -0.3 is 10.8 Å². The van der Waals surface area contributed by atoms with Gasteiger partial charge >= 0.3 is 6.18 Å². The number of nitrogen functional groups attached to an aromatic ring is 1. The van der Waals surface area contributed by atoms with Gasteiger partial charge in [0, 0.05) is 28.4 Å². The lowest BCUT2D eigenvalue weighted by Gasteiger charge is -2.25. The molecule has 7 nitrogen and oxygen atoms in total. The number of hydrogen-bond acceptors (Lipinski definition) is 7. The molecule has 146 valence electrons. The van der Waals surface area contributed by atoms with Gasteiger partial charge in [0.1, 0.15) is 16.6 Å². The fraction of sp³-hybridized carbons (Fsp3) is 0.176. The number of hydrogen-bond donors (Lipinski definition) is 2. The molecule has 0 aliphatic rings. The minimum atomic E-state index is -4.85. The SMILES string of the molecule is CC(O)(c1cnc(-c2ccc(S(=O)c3ccc(N)nn3)cc2)nc1)C(F)(F)F. The van der Waals surface area contributed by atoms with Crippen LogP contribution in [0.2, 0.25) is 0 Å². The van der Waals surface area contributed by atoms with E-state index in [-0.39, 0.29) is 16.7 Å². The molecule has 0 saturated carbocycles. The molecule has 1 aromatic carbocycles. The van der Waals surface area contributed by atoms with Crippen LogP contribution in [0.25, 0.3) is 11.4 Å². The summed E-state index contributed by atoms with van der Waals surface area (Å²) < 4.78 is 51.1. The monoisotopic (exact) mass is 409 g/mol. The van der Waals surface area contributed by atoms with Crippen LogP contribution in [-0.4, -0.2) is 35.7 Å². The standard InChI is InChI=1S/C17H14F3N5O2S/c1-16(26,17(18,19)20)11-8-22-15(23-9-11)10-2-4-12(5-3-10)28(27)14-7-6-13(21)24-25-14/h2-9,26H,1H3,(H2,21,24). The quantitative estimate of drug-likeness (QED) is 0.680. The van der Waals surface area contributed by atoms with Crippen molar-refractivity contribution in [2.24, 2.45) is 0 Å². The lowest BCUT2D eigenvalue weighted by Crippen LogP contribution is -2.39. The van der Waals surface area contributed by atoms with Crippen LogP contribution in [0.1, 0.15) is 12.5 Å². The summed E-state index contributed by atoms with van der Waals surface area (Å²) in [5.74, 6) is 0.368. The van der Waals surface area contributed by atoms with Crippen molar-refractivity contribution < 1.29 is 22.5 Å². The summed E-state index contributed by atoms with van der Waals surface area (Å²) in [5, 5.41) is 17.3. The number of rotatable bonds is 4. The van der Waals surface area contributed by atoms with E-state index in [4.69, 9.17) is 5.73 Å². The summed E-state index contributed by atoms with van der Waals surface area (Å²) in [6.07, 6.45) is -3.01. The molecule has 2 unspecified atom stereocenters. The molecule has 28 heavy (non-hydrogen) atoms. The molecule has 3 N–H and O–H groups in total. The number of anilines is 1. The minimum absolute atomic E-state index is 0.159. The molecule has 0 aliphatic carbocycles. The first-order valence-electron chi connectivity index (χ1n) is 7.82. The maximum absolute atomic E-state index is 12.9. The normalized spacial score (nSPS) is 15.0. The summed E-state index contributed by atoms with van der Waals surface area (Å²) >= 11 is 0. The van der Waals surface area contributed by atoms with Gasteiger partial charge in [-0.05, 0) is 43.3 Å². The third kappa shape index (κ3) is 3.85. The molecule has 0 saturated heterocycles. The van der Waals surface area contributed by atoms with Crippen LogP contribution < -0.4 is 5.73 Å². The zero-order chi connectivity index (χ0) is 20.5. The average Bonchev–Trinajstić information content (AvgIpc) is 2.67. The Bertz CT molecular complexity index is 991. The molecule has 0 bridgehead atoms. The van der Waals surface area contributed by atoms with Crippen molar-refractivity contribution in [3.8, 4) is 11.4 Å². The van der Waals surface area contributed by atoms with Crippen LogP contribution in [0.3, 0.4) is 0 Å². The molecule has 3 rings (SSSR count). The van der Waals surface area contributed by atoms with E-state index in [1.54, 1.807) is 24.3 Å². The predicted molar refractivity (Wildman–Crippen MR) is 94.2 cm³/mol. The van der Waals surface area contributed by atoms with E-state index in [0.29, 0.717) is 17.4 Å². The Hall–Kier alpha value is -2.92. The molecule has 0 aliphatic heterocycles. The highest BCUT2D eigenvalue weighted by Crippen LogP contribution is 2.38. The molecule has 0 fully saturated rings.